The molecule has 0 fully saturated rings. The normalized spacial score (nSPS) is 16.8. The predicted molar refractivity (Wildman–Crippen MR) is 76.5 cm³/mol. The summed E-state index contributed by atoms with van der Waals surface area (Å²) < 4.78 is 28.3. The summed E-state index contributed by atoms with van der Waals surface area (Å²) in [6.07, 6.45) is 1.09. The second-order valence-electron chi connectivity index (χ2n) is 5.12. The number of amides is 1. The molecule has 21 heavy (non-hydrogen) atoms. The molecule has 0 saturated heterocycles. The first-order valence-electron chi connectivity index (χ1n) is 6.55. The monoisotopic (exact) mass is 307 g/mol. The Bertz CT molecular complexity index is 745. The van der Waals surface area contributed by atoms with Crippen LogP contribution >= 0.6 is 11.6 Å². The van der Waals surface area contributed by atoms with Crippen LogP contribution in [0, 0.1) is 11.6 Å². The minimum absolute atomic E-state index is 0.150. The van der Waals surface area contributed by atoms with Crippen LogP contribution in [0.15, 0.2) is 30.3 Å². The highest BCUT2D eigenvalue weighted by Gasteiger charge is 2.30. The molecule has 0 unspecified atom stereocenters. The van der Waals surface area contributed by atoms with Gasteiger partial charge in [0.05, 0.1) is 5.56 Å². The van der Waals surface area contributed by atoms with E-state index in [0.29, 0.717) is 29.5 Å². The zero-order valence-corrected chi connectivity index (χ0v) is 11.8. The third kappa shape index (κ3) is 2.29. The van der Waals surface area contributed by atoms with Crippen molar-refractivity contribution in [1.29, 1.82) is 0 Å². The first kappa shape index (κ1) is 14.0. The average molecular weight is 308 g/mol. The third-order valence-corrected chi connectivity index (χ3v) is 4.14. The maximum atomic E-state index is 14.4. The molecule has 0 aliphatic heterocycles. The highest BCUT2D eigenvalue weighted by Crippen LogP contribution is 2.41. The Kier molecular flexibility index (Phi) is 3.41. The van der Waals surface area contributed by atoms with Gasteiger partial charge in [-0.25, -0.2) is 8.78 Å². The van der Waals surface area contributed by atoms with E-state index in [1.807, 2.05) is 0 Å². The maximum absolute atomic E-state index is 14.4. The molecule has 108 valence electrons. The smallest absolute Gasteiger partial charge is 0.251 e. The van der Waals surface area contributed by atoms with E-state index in [9.17, 15) is 13.6 Å². The van der Waals surface area contributed by atoms with Gasteiger partial charge in [-0.05, 0) is 47.7 Å². The molecule has 5 heteroatoms. The number of benzene rings is 2. The van der Waals surface area contributed by atoms with Gasteiger partial charge in [-0.3, -0.25) is 4.79 Å². The first-order valence-corrected chi connectivity index (χ1v) is 6.93. The van der Waals surface area contributed by atoms with Crippen LogP contribution < -0.4 is 5.73 Å². The van der Waals surface area contributed by atoms with Crippen LogP contribution in [-0.4, -0.2) is 5.91 Å². The van der Waals surface area contributed by atoms with E-state index in [-0.39, 0.29) is 22.3 Å². The van der Waals surface area contributed by atoms with Crippen LogP contribution in [0.3, 0.4) is 0 Å². The van der Waals surface area contributed by atoms with Gasteiger partial charge in [0.25, 0.3) is 5.91 Å². The van der Waals surface area contributed by atoms with E-state index < -0.39 is 11.7 Å². The summed E-state index contributed by atoms with van der Waals surface area (Å²) in [6.45, 7) is 0. The minimum atomic E-state index is -0.815. The fourth-order valence-electron chi connectivity index (χ4n) is 2.97. The van der Waals surface area contributed by atoms with Crippen molar-refractivity contribution in [2.45, 2.75) is 18.8 Å². The molecule has 1 aliphatic rings. The Morgan fingerprint density at radius 2 is 2.00 bits per heavy atom. The molecule has 2 nitrogen and oxygen atoms in total. The lowest BCUT2D eigenvalue weighted by Crippen LogP contribution is -2.15. The number of fused-ring (bicyclic) bond motifs is 1. The van der Waals surface area contributed by atoms with E-state index in [1.54, 1.807) is 18.2 Å². The maximum Gasteiger partial charge on any atom is 0.251 e. The average Bonchev–Trinajstić information content (AvgIpc) is 2.82. The third-order valence-electron chi connectivity index (χ3n) is 3.92. The Labute approximate surface area is 125 Å². The summed E-state index contributed by atoms with van der Waals surface area (Å²) >= 11 is 5.90. The molecule has 2 aromatic rings. The number of nitrogens with two attached hydrogens (primary N) is 1. The summed E-state index contributed by atoms with van der Waals surface area (Å²) in [5, 5.41) is 0.282. The van der Waals surface area contributed by atoms with Gasteiger partial charge in [0, 0.05) is 10.9 Å². The molecule has 3 rings (SSSR count). The van der Waals surface area contributed by atoms with Crippen LogP contribution in [0.25, 0.3) is 0 Å². The van der Waals surface area contributed by atoms with Gasteiger partial charge in [0.15, 0.2) is 0 Å². The summed E-state index contributed by atoms with van der Waals surface area (Å²) in [7, 11) is 0. The van der Waals surface area contributed by atoms with Crippen molar-refractivity contribution in [2.75, 3.05) is 0 Å². The topological polar surface area (TPSA) is 43.1 Å². The number of carbonyl (C=O) groups is 1. The molecule has 0 radical (unpaired) electrons. The van der Waals surface area contributed by atoms with Crippen LogP contribution in [-0.2, 0) is 6.42 Å². The van der Waals surface area contributed by atoms with E-state index in [4.69, 9.17) is 17.3 Å². The van der Waals surface area contributed by atoms with Crippen molar-refractivity contribution in [1.82, 2.24) is 0 Å². The first-order chi connectivity index (χ1) is 9.99. The van der Waals surface area contributed by atoms with E-state index >= 15 is 0 Å². The molecule has 0 aromatic heterocycles. The standard InChI is InChI=1S/C16H12ClF2NO/c17-8-6-13-9(4-5-10(13)14(18)7-8)11-2-1-3-12(15(11)19)16(20)21/h1-3,6-7,9H,4-5H2,(H2,20,21)/t9-/m0/s1. The lowest BCUT2D eigenvalue weighted by Gasteiger charge is -2.15. The van der Waals surface area contributed by atoms with Crippen molar-refractivity contribution >= 4 is 17.5 Å². The fourth-order valence-corrected chi connectivity index (χ4v) is 3.19. The molecule has 0 bridgehead atoms. The summed E-state index contributed by atoms with van der Waals surface area (Å²) in [6, 6.07) is 7.44. The summed E-state index contributed by atoms with van der Waals surface area (Å²) in [5.41, 5.74) is 6.61. The molecular weight excluding hydrogens is 296 g/mol. The van der Waals surface area contributed by atoms with Crippen molar-refractivity contribution < 1.29 is 13.6 Å². The van der Waals surface area contributed by atoms with Gasteiger partial charge >= 0.3 is 0 Å². The molecule has 0 saturated carbocycles. The highest BCUT2D eigenvalue weighted by molar-refractivity contribution is 6.30. The Morgan fingerprint density at radius 1 is 1.24 bits per heavy atom. The Morgan fingerprint density at radius 3 is 2.71 bits per heavy atom. The molecule has 2 N–H and O–H groups in total. The SMILES string of the molecule is NC(=O)c1cccc([C@@H]2CCc3c(F)cc(Cl)cc32)c1F. The zero-order valence-electron chi connectivity index (χ0n) is 11.0. The molecule has 0 heterocycles. The second kappa shape index (κ2) is 5.11. The van der Waals surface area contributed by atoms with Gasteiger partial charge in [-0.1, -0.05) is 23.7 Å². The summed E-state index contributed by atoms with van der Waals surface area (Å²) in [5.74, 6) is -2.13. The molecule has 1 amide bonds. The molecule has 1 atom stereocenters. The van der Waals surface area contributed by atoms with E-state index in [0.717, 1.165) is 0 Å². The number of hydrogen-bond acceptors (Lipinski definition) is 1. The number of primary amides is 1. The predicted octanol–water partition coefficient (Wildman–Crippen LogP) is 3.80. The Balaban J connectivity index is 2.14. The van der Waals surface area contributed by atoms with Crippen LogP contribution in [0.2, 0.25) is 5.02 Å². The summed E-state index contributed by atoms with van der Waals surface area (Å²) in [4.78, 5) is 11.2. The van der Waals surface area contributed by atoms with Gasteiger partial charge in [-0.15, -0.1) is 0 Å². The lowest BCUT2D eigenvalue weighted by atomic mass is 9.91. The van der Waals surface area contributed by atoms with Gasteiger partial charge in [-0.2, -0.15) is 0 Å². The number of halogens is 3. The molecule has 2 aromatic carbocycles. The van der Waals surface area contributed by atoms with Gasteiger partial charge in [0.2, 0.25) is 0 Å². The second-order valence-corrected chi connectivity index (χ2v) is 5.56. The number of carbonyl (C=O) groups excluding carboxylic acids is 1. The fraction of sp³-hybridized carbons (Fsp3) is 0.188. The molecule has 1 aliphatic carbocycles. The number of rotatable bonds is 2. The van der Waals surface area contributed by atoms with E-state index in [2.05, 4.69) is 0 Å². The zero-order chi connectivity index (χ0) is 15.1. The molecule has 0 spiro atoms. The lowest BCUT2D eigenvalue weighted by molar-refractivity contribution is 0.0996. The van der Waals surface area contributed by atoms with Crippen LogP contribution in [0.5, 0.6) is 0 Å². The van der Waals surface area contributed by atoms with Crippen LogP contribution in [0.1, 0.15) is 39.4 Å². The van der Waals surface area contributed by atoms with E-state index in [1.165, 1.54) is 12.1 Å². The van der Waals surface area contributed by atoms with Crippen molar-refractivity contribution in [3.63, 3.8) is 0 Å². The number of hydrogen-bond donors (Lipinski definition) is 1. The van der Waals surface area contributed by atoms with Gasteiger partial charge in [0.1, 0.15) is 11.6 Å². The largest absolute Gasteiger partial charge is 0.366 e. The van der Waals surface area contributed by atoms with Gasteiger partial charge < -0.3 is 5.73 Å². The van der Waals surface area contributed by atoms with Crippen molar-refractivity contribution in [3.8, 4) is 0 Å². The minimum Gasteiger partial charge on any atom is -0.366 e. The molecular formula is C16H12ClF2NO. The highest BCUT2D eigenvalue weighted by atomic mass is 35.5. The van der Waals surface area contributed by atoms with Crippen molar-refractivity contribution in [2.24, 2.45) is 5.73 Å². The quantitative estimate of drug-likeness (QED) is 0.901. The van der Waals surface area contributed by atoms with Crippen molar-refractivity contribution in [3.05, 3.63) is 69.2 Å². The Hall–Kier alpha value is -1.94. The van der Waals surface area contributed by atoms with Crippen LogP contribution in [0.4, 0.5) is 8.78 Å².